The minimum atomic E-state index is -2.94. The summed E-state index contributed by atoms with van der Waals surface area (Å²) in [6.07, 6.45) is -2.94. The van der Waals surface area contributed by atoms with E-state index in [-0.39, 0.29) is 10.7 Å². The summed E-state index contributed by atoms with van der Waals surface area (Å²) in [5, 5.41) is 8.20. The third-order valence-corrected chi connectivity index (χ3v) is 1.88. The molecule has 7 heteroatoms. The second-order valence-corrected chi connectivity index (χ2v) is 2.90. The van der Waals surface area contributed by atoms with Crippen molar-refractivity contribution < 1.29 is 13.6 Å². The van der Waals surface area contributed by atoms with Crippen LogP contribution in [-0.4, -0.2) is 10.9 Å². The molecule has 1 heterocycles. The molecule has 0 aromatic carbocycles. The zero-order valence-electron chi connectivity index (χ0n) is 7.17. The van der Waals surface area contributed by atoms with E-state index in [4.69, 9.17) is 22.6 Å². The minimum absolute atomic E-state index is 0.225. The molecule has 0 saturated carbocycles. The maximum atomic E-state index is 12.4. The Morgan fingerprint density at radius 1 is 1.67 bits per heavy atom. The van der Waals surface area contributed by atoms with Crippen LogP contribution in [0, 0.1) is 11.3 Å². The molecule has 0 radical (unpaired) electrons. The van der Waals surface area contributed by atoms with Gasteiger partial charge in [-0.1, -0.05) is 11.6 Å². The van der Waals surface area contributed by atoms with Gasteiger partial charge in [0.15, 0.2) is 0 Å². The summed E-state index contributed by atoms with van der Waals surface area (Å²) < 4.78 is 24.9. The van der Waals surface area contributed by atoms with Crippen LogP contribution in [0.4, 0.5) is 8.78 Å². The molecule has 0 unspecified atom stereocenters. The summed E-state index contributed by atoms with van der Waals surface area (Å²) >= 11 is 5.46. The summed E-state index contributed by atoms with van der Waals surface area (Å²) in [5.74, 6) is -1.11. The van der Waals surface area contributed by atoms with Crippen molar-refractivity contribution in [2.75, 3.05) is 0 Å². The van der Waals surface area contributed by atoms with E-state index < -0.39 is 23.6 Å². The average Bonchev–Trinajstić information content (AvgIpc) is 2.16. The lowest BCUT2D eigenvalue weighted by Crippen LogP contribution is -2.16. The van der Waals surface area contributed by atoms with Gasteiger partial charge < -0.3 is 5.73 Å². The lowest BCUT2D eigenvalue weighted by Gasteiger charge is -2.05. The largest absolute Gasteiger partial charge is 0.364 e. The van der Waals surface area contributed by atoms with Crippen LogP contribution in [0.25, 0.3) is 0 Å². The van der Waals surface area contributed by atoms with Crippen molar-refractivity contribution >= 4 is 17.5 Å². The molecule has 0 fully saturated rings. The van der Waals surface area contributed by atoms with E-state index in [9.17, 15) is 13.6 Å². The van der Waals surface area contributed by atoms with Gasteiger partial charge in [0.2, 0.25) is 0 Å². The van der Waals surface area contributed by atoms with Crippen molar-refractivity contribution in [2.45, 2.75) is 6.43 Å². The Labute approximate surface area is 88.3 Å². The Bertz CT molecular complexity index is 456. The van der Waals surface area contributed by atoms with Crippen LogP contribution in [0.1, 0.15) is 28.0 Å². The molecule has 0 aliphatic rings. The van der Waals surface area contributed by atoms with Gasteiger partial charge in [-0.15, -0.1) is 0 Å². The fourth-order valence-electron chi connectivity index (χ4n) is 0.948. The Hall–Kier alpha value is -1.74. The number of carbonyl (C=O) groups is 1. The second-order valence-electron chi connectivity index (χ2n) is 2.54. The number of pyridine rings is 1. The van der Waals surface area contributed by atoms with Crippen molar-refractivity contribution in [1.29, 1.82) is 5.26 Å². The van der Waals surface area contributed by atoms with Crippen molar-refractivity contribution in [2.24, 2.45) is 5.73 Å². The zero-order valence-corrected chi connectivity index (χ0v) is 7.92. The van der Waals surface area contributed by atoms with E-state index in [0.29, 0.717) is 0 Å². The summed E-state index contributed by atoms with van der Waals surface area (Å²) in [4.78, 5) is 14.1. The van der Waals surface area contributed by atoms with Gasteiger partial charge in [-0.3, -0.25) is 4.79 Å². The number of rotatable bonds is 2. The molecule has 2 N–H and O–H groups in total. The lowest BCUT2D eigenvalue weighted by atomic mass is 10.1. The molecule has 1 aromatic rings. The molecular formula is C8H4ClF2N3O. The Morgan fingerprint density at radius 3 is 2.67 bits per heavy atom. The number of aromatic nitrogens is 1. The Morgan fingerprint density at radius 2 is 2.27 bits per heavy atom. The maximum absolute atomic E-state index is 12.4. The van der Waals surface area contributed by atoms with Crippen LogP contribution in [0.15, 0.2) is 6.07 Å². The van der Waals surface area contributed by atoms with Crippen molar-refractivity contribution in [3.8, 4) is 6.07 Å². The summed E-state index contributed by atoms with van der Waals surface area (Å²) in [6, 6.07) is 2.38. The molecule has 1 amide bonds. The molecule has 0 aliphatic heterocycles. The first-order chi connectivity index (χ1) is 6.97. The predicted octanol–water partition coefficient (Wildman–Crippen LogP) is 1.64. The fourth-order valence-corrected chi connectivity index (χ4v) is 1.13. The topological polar surface area (TPSA) is 79.8 Å². The Balaban J connectivity index is 3.47. The van der Waals surface area contributed by atoms with Gasteiger partial charge in [-0.25, -0.2) is 13.8 Å². The quantitative estimate of drug-likeness (QED) is 0.786. The zero-order chi connectivity index (χ0) is 11.6. The third-order valence-electron chi connectivity index (χ3n) is 1.59. The second kappa shape index (κ2) is 4.19. The smallest absolute Gasteiger partial charge is 0.267 e. The highest BCUT2D eigenvalue weighted by Gasteiger charge is 2.20. The number of nitriles is 1. The van der Waals surface area contributed by atoms with Crippen LogP contribution in [0.2, 0.25) is 5.15 Å². The van der Waals surface area contributed by atoms with Crippen molar-refractivity contribution in [1.82, 2.24) is 4.98 Å². The Kier molecular flexibility index (Phi) is 3.17. The van der Waals surface area contributed by atoms with E-state index in [2.05, 4.69) is 4.98 Å². The highest BCUT2D eigenvalue weighted by Crippen LogP contribution is 2.25. The van der Waals surface area contributed by atoms with E-state index in [1.165, 1.54) is 0 Å². The van der Waals surface area contributed by atoms with Gasteiger partial charge in [-0.05, 0) is 6.07 Å². The number of nitrogens with two attached hydrogens (primary N) is 1. The monoisotopic (exact) mass is 231 g/mol. The van der Waals surface area contributed by atoms with Gasteiger partial charge >= 0.3 is 0 Å². The molecule has 1 aromatic heterocycles. The highest BCUT2D eigenvalue weighted by molar-refractivity contribution is 6.30. The fraction of sp³-hybridized carbons (Fsp3) is 0.125. The number of carbonyl (C=O) groups excluding carboxylic acids is 1. The van der Waals surface area contributed by atoms with Gasteiger partial charge in [-0.2, -0.15) is 5.26 Å². The van der Waals surface area contributed by atoms with Crippen LogP contribution in [0.5, 0.6) is 0 Å². The first kappa shape index (κ1) is 11.3. The number of hydrogen-bond donors (Lipinski definition) is 1. The molecule has 0 bridgehead atoms. The summed E-state index contributed by atoms with van der Waals surface area (Å²) in [7, 11) is 0. The molecule has 0 aliphatic carbocycles. The summed E-state index contributed by atoms with van der Waals surface area (Å²) in [5.41, 5.74) is 3.30. The molecule has 0 atom stereocenters. The lowest BCUT2D eigenvalue weighted by molar-refractivity contribution is 0.0980. The first-order valence-electron chi connectivity index (χ1n) is 3.66. The van der Waals surface area contributed by atoms with Gasteiger partial charge in [0.25, 0.3) is 12.3 Å². The number of amides is 1. The number of hydrogen-bond acceptors (Lipinski definition) is 3. The van der Waals surface area contributed by atoms with E-state index in [1.807, 2.05) is 0 Å². The minimum Gasteiger partial charge on any atom is -0.364 e. The molecule has 0 spiro atoms. The van der Waals surface area contributed by atoms with E-state index >= 15 is 0 Å². The molecular weight excluding hydrogens is 228 g/mol. The van der Waals surface area contributed by atoms with Gasteiger partial charge in [0, 0.05) is 0 Å². The highest BCUT2D eigenvalue weighted by atomic mass is 35.5. The van der Waals surface area contributed by atoms with Gasteiger partial charge in [0.1, 0.15) is 16.9 Å². The number of alkyl halides is 2. The van der Waals surface area contributed by atoms with Crippen LogP contribution < -0.4 is 5.73 Å². The molecule has 78 valence electrons. The van der Waals surface area contributed by atoms with Gasteiger partial charge in [0.05, 0.1) is 11.1 Å². The third kappa shape index (κ3) is 2.19. The standard InChI is InChI=1S/C8H4ClF2N3O/c9-6-3(2-12)1-4(7(10)11)5(14-6)8(13)15/h1,7H,(H2,13,15). The number of nitrogens with zero attached hydrogens (tertiary/aromatic N) is 2. The SMILES string of the molecule is N#Cc1cc(C(F)F)c(C(N)=O)nc1Cl. The molecule has 15 heavy (non-hydrogen) atoms. The van der Waals surface area contributed by atoms with Crippen LogP contribution in [-0.2, 0) is 0 Å². The van der Waals surface area contributed by atoms with Crippen molar-refractivity contribution in [3.05, 3.63) is 28.0 Å². The van der Waals surface area contributed by atoms with Crippen molar-refractivity contribution in [3.63, 3.8) is 0 Å². The van der Waals surface area contributed by atoms with E-state index in [1.54, 1.807) is 6.07 Å². The average molecular weight is 232 g/mol. The van der Waals surface area contributed by atoms with E-state index in [0.717, 1.165) is 6.07 Å². The normalized spacial score (nSPS) is 10.1. The number of primary amides is 1. The molecule has 1 rings (SSSR count). The maximum Gasteiger partial charge on any atom is 0.267 e. The number of halogens is 3. The van der Waals surface area contributed by atoms with Crippen LogP contribution in [0.3, 0.4) is 0 Å². The summed E-state index contributed by atoms with van der Waals surface area (Å²) in [6.45, 7) is 0. The predicted molar refractivity (Wildman–Crippen MR) is 47.4 cm³/mol. The molecule has 4 nitrogen and oxygen atoms in total. The first-order valence-corrected chi connectivity index (χ1v) is 4.03. The van der Waals surface area contributed by atoms with Crippen LogP contribution >= 0.6 is 11.6 Å². The molecule has 0 saturated heterocycles.